The number of para-hydroxylation sites is 3. The maximum atomic E-state index is 6.47. The van der Waals surface area contributed by atoms with Crippen molar-refractivity contribution in [1.29, 1.82) is 0 Å². The minimum atomic E-state index is 0.902. The molecule has 322 valence electrons. The standard InChI is InChI=1S/C66H42N2O/c1-2-13-51(14-3-1)68-63-42-49(31-39-59(63)61-40-29-46-12-5-7-16-57(46)65(61)68)44-25-34-53(35-26-44)67(54-36-27-47(28-37-54)58-18-10-19-62-60-17-8-9-20-64(60)69-66(58)62)52-32-23-43(24-33-52)48-30-38-56-50(41-48)22-21-45-11-4-6-15-55(45)56/h1-42H. The second kappa shape index (κ2) is 15.7. The number of aromatic nitrogens is 1. The summed E-state index contributed by atoms with van der Waals surface area (Å²) < 4.78 is 8.90. The van der Waals surface area contributed by atoms with Crippen molar-refractivity contribution < 1.29 is 4.42 Å². The fourth-order valence-corrected chi connectivity index (χ4v) is 10.8. The molecule has 2 aromatic heterocycles. The maximum absolute atomic E-state index is 6.47. The number of nitrogens with zero attached hydrogens (tertiary/aromatic N) is 2. The molecule has 0 aliphatic heterocycles. The molecule has 0 saturated carbocycles. The van der Waals surface area contributed by atoms with E-state index in [1.807, 2.05) is 12.1 Å². The molecule has 3 nitrogen and oxygen atoms in total. The summed E-state index contributed by atoms with van der Waals surface area (Å²) in [7, 11) is 0. The summed E-state index contributed by atoms with van der Waals surface area (Å²) >= 11 is 0. The Morgan fingerprint density at radius 2 is 0.812 bits per heavy atom. The first-order valence-corrected chi connectivity index (χ1v) is 23.6. The molecule has 0 spiro atoms. The van der Waals surface area contributed by atoms with Crippen LogP contribution in [0.4, 0.5) is 17.1 Å². The predicted octanol–water partition coefficient (Wildman–Crippen LogP) is 18.6. The Balaban J connectivity index is 0.864. The van der Waals surface area contributed by atoms with Gasteiger partial charge in [-0.25, -0.2) is 0 Å². The molecule has 0 atom stereocenters. The molecule has 0 saturated heterocycles. The van der Waals surface area contributed by atoms with Gasteiger partial charge in [0, 0.05) is 55.2 Å². The Hall–Kier alpha value is -9.18. The molecule has 0 fully saturated rings. The van der Waals surface area contributed by atoms with Crippen LogP contribution in [0, 0.1) is 0 Å². The molecule has 0 N–H and O–H groups in total. The summed E-state index contributed by atoms with van der Waals surface area (Å²) in [5, 5.41) is 12.3. The van der Waals surface area contributed by atoms with Gasteiger partial charge >= 0.3 is 0 Å². The molecule has 0 aliphatic carbocycles. The summed E-state index contributed by atoms with van der Waals surface area (Å²) in [6.07, 6.45) is 0. The van der Waals surface area contributed by atoms with Gasteiger partial charge in [-0.1, -0.05) is 188 Å². The smallest absolute Gasteiger partial charge is 0.143 e. The van der Waals surface area contributed by atoms with Gasteiger partial charge in [0.05, 0.1) is 11.0 Å². The van der Waals surface area contributed by atoms with Crippen LogP contribution < -0.4 is 4.90 Å². The van der Waals surface area contributed by atoms with Crippen LogP contribution in [0.25, 0.3) is 115 Å². The van der Waals surface area contributed by atoms with Crippen LogP contribution in [0.3, 0.4) is 0 Å². The molecule has 0 radical (unpaired) electrons. The van der Waals surface area contributed by atoms with Crippen molar-refractivity contribution >= 4 is 93.1 Å². The molecule has 14 rings (SSSR count). The van der Waals surface area contributed by atoms with Crippen LogP contribution in [0.5, 0.6) is 0 Å². The lowest BCUT2D eigenvalue weighted by molar-refractivity contribution is 0.670. The number of rotatable bonds is 7. The molecular formula is C66H42N2O. The van der Waals surface area contributed by atoms with Gasteiger partial charge in [-0.2, -0.15) is 0 Å². The third-order valence-electron chi connectivity index (χ3n) is 14.2. The zero-order valence-electron chi connectivity index (χ0n) is 37.6. The van der Waals surface area contributed by atoms with E-state index in [1.54, 1.807) is 0 Å². The Kier molecular flexibility index (Phi) is 8.90. The molecule has 0 bridgehead atoms. The van der Waals surface area contributed by atoms with Crippen molar-refractivity contribution in [3.8, 4) is 39.1 Å². The van der Waals surface area contributed by atoms with Gasteiger partial charge in [-0.05, 0) is 121 Å². The third kappa shape index (κ3) is 6.43. The second-order valence-electron chi connectivity index (χ2n) is 18.1. The highest BCUT2D eigenvalue weighted by molar-refractivity contribution is 6.19. The lowest BCUT2D eigenvalue weighted by Crippen LogP contribution is -2.09. The Labute approximate surface area is 399 Å². The van der Waals surface area contributed by atoms with Crippen molar-refractivity contribution in [2.24, 2.45) is 0 Å². The molecule has 69 heavy (non-hydrogen) atoms. The summed E-state index contributed by atoms with van der Waals surface area (Å²) in [6, 6.07) is 92.5. The first-order valence-electron chi connectivity index (χ1n) is 23.6. The van der Waals surface area contributed by atoms with Gasteiger partial charge in [0.25, 0.3) is 0 Å². The zero-order chi connectivity index (χ0) is 45.4. The third-order valence-corrected chi connectivity index (χ3v) is 14.2. The van der Waals surface area contributed by atoms with Crippen LogP contribution in [-0.2, 0) is 0 Å². The number of furan rings is 1. The highest BCUT2D eigenvalue weighted by Crippen LogP contribution is 2.42. The fourth-order valence-electron chi connectivity index (χ4n) is 10.8. The second-order valence-corrected chi connectivity index (χ2v) is 18.1. The van der Waals surface area contributed by atoms with E-state index in [-0.39, 0.29) is 0 Å². The van der Waals surface area contributed by atoms with Crippen molar-refractivity contribution in [2.45, 2.75) is 0 Å². The largest absolute Gasteiger partial charge is 0.455 e. The lowest BCUT2D eigenvalue weighted by Gasteiger charge is -2.26. The van der Waals surface area contributed by atoms with E-state index in [1.165, 1.54) is 70.8 Å². The first-order chi connectivity index (χ1) is 34.2. The first kappa shape index (κ1) is 39.0. The van der Waals surface area contributed by atoms with Crippen LogP contribution in [0.1, 0.15) is 0 Å². The Morgan fingerprint density at radius 1 is 0.304 bits per heavy atom. The molecule has 3 heteroatoms. The van der Waals surface area contributed by atoms with E-state index in [0.717, 1.165) is 61.4 Å². The average molecular weight is 879 g/mol. The number of benzene rings is 12. The van der Waals surface area contributed by atoms with Crippen molar-refractivity contribution in [2.75, 3.05) is 4.90 Å². The molecule has 0 amide bonds. The highest BCUT2D eigenvalue weighted by Gasteiger charge is 2.19. The normalized spacial score (nSPS) is 11.8. The van der Waals surface area contributed by atoms with Gasteiger partial charge in [-0.15, -0.1) is 0 Å². The van der Waals surface area contributed by atoms with E-state index in [2.05, 4.69) is 252 Å². The molecule has 0 unspecified atom stereocenters. The van der Waals surface area contributed by atoms with Gasteiger partial charge in [0.1, 0.15) is 11.2 Å². The maximum Gasteiger partial charge on any atom is 0.143 e. The summed E-state index contributed by atoms with van der Waals surface area (Å²) in [6.45, 7) is 0. The van der Waals surface area contributed by atoms with E-state index < -0.39 is 0 Å². The minimum Gasteiger partial charge on any atom is -0.455 e. The van der Waals surface area contributed by atoms with E-state index in [0.29, 0.717) is 0 Å². The van der Waals surface area contributed by atoms with Crippen LogP contribution in [-0.4, -0.2) is 4.57 Å². The zero-order valence-corrected chi connectivity index (χ0v) is 37.6. The fraction of sp³-hybridized carbons (Fsp3) is 0. The quantitative estimate of drug-likeness (QED) is 0.149. The molecule has 2 heterocycles. The predicted molar refractivity (Wildman–Crippen MR) is 292 cm³/mol. The minimum absolute atomic E-state index is 0.902. The monoisotopic (exact) mass is 878 g/mol. The van der Waals surface area contributed by atoms with Crippen LogP contribution in [0.2, 0.25) is 0 Å². The van der Waals surface area contributed by atoms with Gasteiger partial charge < -0.3 is 13.9 Å². The number of hydrogen-bond donors (Lipinski definition) is 0. The van der Waals surface area contributed by atoms with E-state index >= 15 is 0 Å². The summed E-state index contributed by atoms with van der Waals surface area (Å²) in [4.78, 5) is 2.35. The summed E-state index contributed by atoms with van der Waals surface area (Å²) in [5.41, 5.74) is 15.5. The van der Waals surface area contributed by atoms with Crippen molar-refractivity contribution in [3.05, 3.63) is 255 Å². The van der Waals surface area contributed by atoms with E-state index in [4.69, 9.17) is 4.42 Å². The Morgan fingerprint density at radius 3 is 1.54 bits per heavy atom. The highest BCUT2D eigenvalue weighted by atomic mass is 16.3. The Bertz CT molecular complexity index is 4280. The van der Waals surface area contributed by atoms with E-state index in [9.17, 15) is 0 Å². The topological polar surface area (TPSA) is 21.3 Å². The van der Waals surface area contributed by atoms with Crippen molar-refractivity contribution in [3.63, 3.8) is 0 Å². The number of fused-ring (bicyclic) bond motifs is 11. The lowest BCUT2D eigenvalue weighted by atomic mass is 9.97. The number of anilines is 3. The number of hydrogen-bond acceptors (Lipinski definition) is 2. The van der Waals surface area contributed by atoms with Crippen LogP contribution in [0.15, 0.2) is 259 Å². The molecule has 14 aromatic rings. The molecule has 12 aromatic carbocycles. The van der Waals surface area contributed by atoms with Gasteiger partial charge in [0.2, 0.25) is 0 Å². The molecular weight excluding hydrogens is 837 g/mol. The average Bonchev–Trinajstić information content (AvgIpc) is 3.98. The van der Waals surface area contributed by atoms with Gasteiger partial charge in [-0.3, -0.25) is 0 Å². The van der Waals surface area contributed by atoms with Crippen molar-refractivity contribution in [1.82, 2.24) is 4.57 Å². The van der Waals surface area contributed by atoms with Crippen LogP contribution >= 0.6 is 0 Å². The SMILES string of the molecule is c1ccc(-n2c3cc(-c4ccc(N(c5ccc(-c6ccc7c(ccc8ccccc87)c6)cc5)c5ccc(-c6cccc7c6oc6ccccc67)cc5)cc4)ccc3c3ccc4ccccc4c32)cc1. The van der Waals surface area contributed by atoms with Gasteiger partial charge in [0.15, 0.2) is 0 Å². The summed E-state index contributed by atoms with van der Waals surface area (Å²) in [5.74, 6) is 0. The molecule has 0 aliphatic rings.